The third kappa shape index (κ3) is 12.1. The van der Waals surface area contributed by atoms with E-state index in [0.717, 1.165) is 49.8 Å². The summed E-state index contributed by atoms with van der Waals surface area (Å²) < 4.78 is 0. The van der Waals surface area contributed by atoms with Crippen molar-refractivity contribution in [2.24, 2.45) is 0 Å². The van der Waals surface area contributed by atoms with Gasteiger partial charge in [0.25, 0.3) is 35.4 Å². The van der Waals surface area contributed by atoms with Crippen LogP contribution in [0.3, 0.4) is 0 Å². The Hall–Kier alpha value is -17.6. The van der Waals surface area contributed by atoms with E-state index in [0.29, 0.717) is 64.5 Å². The van der Waals surface area contributed by atoms with Crippen LogP contribution in [0.2, 0.25) is 0 Å². The van der Waals surface area contributed by atoms with Crippen LogP contribution in [0, 0.1) is 0 Å². The number of carbonyl (C=O) groups excluding carboxylic acids is 6. The molecule has 21 heteroatoms. The molecule has 8 heterocycles. The quantitative estimate of drug-likeness (QED) is 0.103. The first-order valence-electron chi connectivity index (χ1n) is 40.0. The number of H-pyrrole nitrogens is 3. The van der Waals surface area contributed by atoms with E-state index in [1.165, 1.54) is 64.6 Å². The van der Waals surface area contributed by atoms with Crippen molar-refractivity contribution in [3.8, 4) is 34.2 Å². The Morgan fingerprint density at radius 2 is 0.411 bits per heavy atom. The summed E-state index contributed by atoms with van der Waals surface area (Å²) in [4.78, 5) is 136. The minimum Gasteiger partial charge on any atom is -0.343 e. The van der Waals surface area contributed by atoms with E-state index >= 15 is 0 Å². The normalized spacial score (nSPS) is 12.9. The zero-order valence-electron chi connectivity index (χ0n) is 65.3. The molecule has 0 radical (unpaired) electrons. The van der Waals surface area contributed by atoms with Gasteiger partial charge in [-0.3, -0.25) is 28.8 Å². The molecular formula is C103H61N15O6. The molecule has 3 aliphatic heterocycles. The van der Waals surface area contributed by atoms with Crippen LogP contribution in [0.1, 0.15) is 62.1 Å². The summed E-state index contributed by atoms with van der Waals surface area (Å²) in [5, 5.41) is 19.5. The van der Waals surface area contributed by atoms with Crippen LogP contribution >= 0.6 is 0 Å². The summed E-state index contributed by atoms with van der Waals surface area (Å²) >= 11 is 0. The highest BCUT2D eigenvalue weighted by molar-refractivity contribution is 6.39. The van der Waals surface area contributed by atoms with Gasteiger partial charge in [0, 0.05) is 66.2 Å². The summed E-state index contributed by atoms with van der Waals surface area (Å²) in [5.74, 6) is -4.44. The molecule has 0 unspecified atom stereocenters. The minimum atomic E-state index is -0.787. The molecule has 21 nitrogen and oxygen atoms in total. The fraction of sp³-hybridized carbons (Fsp3) is 0. The number of nitrogens with one attached hydrogen (secondary N) is 3. The van der Waals surface area contributed by atoms with Gasteiger partial charge in [-0.25, -0.2) is 44.6 Å². The molecule has 124 heavy (non-hydrogen) atoms. The van der Waals surface area contributed by atoms with Crippen molar-refractivity contribution >= 4 is 183 Å². The number of hydrogen-bond acceptors (Lipinski definition) is 15. The second kappa shape index (κ2) is 29.8. The molecule has 6 amide bonds. The van der Waals surface area contributed by atoms with E-state index in [9.17, 15) is 28.8 Å². The van der Waals surface area contributed by atoms with E-state index < -0.39 is 53.3 Å². The maximum atomic E-state index is 14.1. The standard InChI is InChI=1S/C39H18N6O6.C21H15N3.C18H12.C16H10.C9H6N6/c46-31-22-13-1-7-19-8-2-14-23(28(19)22)32(47)43(31)37-40-38(44-33(48)24-15-3-9-20-10-4-16-25(29(20)24)34(44)49)42-39(41-37)45-35(50)26-17-5-11-21-12-6-18-27(30(21)26)36(45)51;1-4-10-16(11-5-1)19-22-20(17-12-6-2-7-13-17)24-21(23-19)18-14-8-3-9-15-18;1-2-8-14-13(7-1)15-9-3-4-11-17(15)18-12-6-5-10-16(14)18;1-3-11-7-9-13-5-2-6-14-10-8-12(4-1)15(11)16(13)14;1-10-4-5(11-1)7-9(15-3-13-7)8-6(4)12-2-14-8/h1-18H;1-15H;1-12H;1-10H;1-3H,(H,10,11)(H,12,14)(H,13,15). The lowest BCUT2D eigenvalue weighted by atomic mass is 9.94. The number of hydrogen-bond donors (Lipinski definition) is 3. The Kier molecular flexibility index (Phi) is 17.5. The average Bonchev–Trinajstić information content (AvgIpc) is 1.15. The summed E-state index contributed by atoms with van der Waals surface area (Å²) in [6, 6.07) is 108. The molecule has 0 atom stereocenters. The van der Waals surface area contributed by atoms with Gasteiger partial charge in [-0.05, 0) is 117 Å². The van der Waals surface area contributed by atoms with Crippen molar-refractivity contribution < 1.29 is 28.8 Å². The molecule has 23 aromatic rings. The van der Waals surface area contributed by atoms with Crippen molar-refractivity contribution in [3.63, 3.8) is 0 Å². The minimum absolute atomic E-state index is 0.183. The second-order valence-electron chi connectivity index (χ2n) is 29.9. The topological polar surface area (TPSA) is 276 Å². The summed E-state index contributed by atoms with van der Waals surface area (Å²) in [6.07, 6.45) is 5.00. The number of aromatic amines is 3. The number of imidazole rings is 3. The Bertz CT molecular complexity index is 7230. The maximum absolute atomic E-state index is 14.1. The Morgan fingerprint density at radius 3 is 0.685 bits per heavy atom. The number of anilines is 3. The van der Waals surface area contributed by atoms with Crippen LogP contribution < -0.4 is 14.7 Å². The van der Waals surface area contributed by atoms with Crippen LogP contribution in [0.5, 0.6) is 0 Å². The lowest BCUT2D eigenvalue weighted by molar-refractivity contribution is 0.0879. The van der Waals surface area contributed by atoms with Crippen LogP contribution in [0.15, 0.2) is 353 Å². The zero-order valence-corrected chi connectivity index (χ0v) is 65.3. The van der Waals surface area contributed by atoms with E-state index in [1.54, 1.807) is 128 Å². The smallest absolute Gasteiger partial charge is 0.268 e. The lowest BCUT2D eigenvalue weighted by Crippen LogP contribution is -2.46. The number of amides is 6. The highest BCUT2D eigenvalue weighted by Gasteiger charge is 2.43. The molecule has 18 aromatic carbocycles. The van der Waals surface area contributed by atoms with Gasteiger partial charge in [0.15, 0.2) is 17.5 Å². The molecule has 0 bridgehead atoms. The van der Waals surface area contributed by atoms with Crippen LogP contribution in [0.4, 0.5) is 17.8 Å². The summed E-state index contributed by atoms with van der Waals surface area (Å²) in [5.41, 5.74) is 9.47. The molecule has 0 aliphatic carbocycles. The Balaban J connectivity index is 0.000000103. The van der Waals surface area contributed by atoms with Gasteiger partial charge in [-0.2, -0.15) is 15.0 Å². The fourth-order valence-electron chi connectivity index (χ4n) is 17.3. The number of aromatic nitrogens is 12. The van der Waals surface area contributed by atoms with Crippen LogP contribution in [-0.2, 0) is 0 Å². The third-order valence-corrected chi connectivity index (χ3v) is 22.9. The Morgan fingerprint density at radius 1 is 0.194 bits per heavy atom. The molecule has 0 saturated carbocycles. The van der Waals surface area contributed by atoms with Gasteiger partial charge < -0.3 is 15.0 Å². The molecule has 5 aromatic heterocycles. The summed E-state index contributed by atoms with van der Waals surface area (Å²) in [6.45, 7) is 0. The predicted molar refractivity (Wildman–Crippen MR) is 486 cm³/mol. The predicted octanol–water partition coefficient (Wildman–Crippen LogP) is 21.7. The van der Waals surface area contributed by atoms with Crippen molar-refractivity contribution in [2.75, 3.05) is 14.7 Å². The monoisotopic (exact) mass is 1600 g/mol. The zero-order chi connectivity index (χ0) is 83.2. The highest BCUT2D eigenvalue weighted by atomic mass is 16.2. The van der Waals surface area contributed by atoms with E-state index in [2.05, 4.69) is 193 Å². The Labute approximate surface area is 702 Å². The molecule has 0 spiro atoms. The number of rotatable bonds is 6. The second-order valence-corrected chi connectivity index (χ2v) is 29.9. The number of carbonyl (C=O) groups is 6. The number of nitrogens with zero attached hydrogens (tertiary/aromatic N) is 12. The first-order valence-corrected chi connectivity index (χ1v) is 40.0. The summed E-state index contributed by atoms with van der Waals surface area (Å²) in [7, 11) is 0. The molecule has 0 saturated heterocycles. The van der Waals surface area contributed by atoms with Crippen molar-refractivity contribution in [1.29, 1.82) is 0 Å². The van der Waals surface area contributed by atoms with Crippen molar-refractivity contribution in [1.82, 2.24) is 59.8 Å². The van der Waals surface area contributed by atoms with Gasteiger partial charge in [-0.1, -0.05) is 297 Å². The number of benzene rings is 18. The van der Waals surface area contributed by atoms with Crippen LogP contribution in [0.25, 0.3) is 164 Å². The van der Waals surface area contributed by atoms with E-state index in [4.69, 9.17) is 0 Å². The molecule has 3 N–H and O–H groups in total. The fourth-order valence-corrected chi connectivity index (χ4v) is 17.3. The van der Waals surface area contributed by atoms with Gasteiger partial charge in [0.05, 0.1) is 35.5 Å². The first-order chi connectivity index (χ1) is 61.0. The third-order valence-electron chi connectivity index (χ3n) is 22.9. The molecule has 584 valence electrons. The van der Waals surface area contributed by atoms with Gasteiger partial charge >= 0.3 is 0 Å². The molecule has 26 rings (SSSR count). The average molecular weight is 1600 g/mol. The van der Waals surface area contributed by atoms with Gasteiger partial charge in [0.2, 0.25) is 17.8 Å². The SMILES string of the molecule is O=C1c2cccc3cccc(c23)C(=O)N1c1nc(N2C(=O)c3cccc4cccc(c34)C2=O)nc(N2C(=O)c3cccc4cccc(c34)C2=O)n1.c1cc2ccc3cccc4ccc(c1)c2c34.c1ccc(-c2nc(-c3ccccc3)nc(-c3ccccc3)n2)cc1.c1ccc2c(c1)c1ccccc1c1ccccc21.c1nc2c3nc[nH]c3c3[nH]cnc3c2[nH]1. The van der Waals surface area contributed by atoms with Crippen LogP contribution in [-0.4, -0.2) is 95.3 Å². The van der Waals surface area contributed by atoms with E-state index in [1.807, 2.05) is 91.0 Å². The lowest BCUT2D eigenvalue weighted by Gasteiger charge is -2.30. The molecule has 0 fully saturated rings. The van der Waals surface area contributed by atoms with Gasteiger partial charge in [0.1, 0.15) is 16.6 Å². The van der Waals surface area contributed by atoms with Crippen molar-refractivity contribution in [3.05, 3.63) is 386 Å². The van der Waals surface area contributed by atoms with Gasteiger partial charge in [-0.15, -0.1) is 0 Å². The van der Waals surface area contributed by atoms with Crippen molar-refractivity contribution in [2.45, 2.75) is 0 Å². The number of imide groups is 3. The number of fused-ring (bicyclic) bond motifs is 12. The van der Waals surface area contributed by atoms with E-state index in [-0.39, 0.29) is 33.4 Å². The molecular weight excluding hydrogens is 1540 g/mol. The highest BCUT2D eigenvalue weighted by Crippen LogP contribution is 2.41. The first kappa shape index (κ1) is 72.8. The molecule has 3 aliphatic rings. The largest absolute Gasteiger partial charge is 0.343 e. The maximum Gasteiger partial charge on any atom is 0.268 e.